The van der Waals surface area contributed by atoms with Gasteiger partial charge >= 0.3 is 5.97 Å². The highest BCUT2D eigenvalue weighted by atomic mass is 35.5. The van der Waals surface area contributed by atoms with Gasteiger partial charge in [0.05, 0.1) is 5.02 Å². The Labute approximate surface area is 121 Å². The number of carbonyl (C=O) groups is 2. The van der Waals surface area contributed by atoms with Crippen LogP contribution in [0.5, 0.6) is 0 Å². The van der Waals surface area contributed by atoms with Crippen molar-refractivity contribution < 1.29 is 14.7 Å². The minimum atomic E-state index is -0.802. The summed E-state index contributed by atoms with van der Waals surface area (Å²) in [7, 11) is 0. The van der Waals surface area contributed by atoms with Gasteiger partial charge in [0.2, 0.25) is 0 Å². The lowest BCUT2D eigenvalue weighted by molar-refractivity contribution is -0.138. The van der Waals surface area contributed by atoms with Crippen LogP contribution in [-0.2, 0) is 4.79 Å². The summed E-state index contributed by atoms with van der Waals surface area (Å²) in [6.45, 7) is 3.07. The van der Waals surface area contributed by atoms with Crippen LogP contribution < -0.4 is 0 Å². The van der Waals surface area contributed by atoms with Crippen LogP contribution in [0.4, 0.5) is 0 Å². The van der Waals surface area contributed by atoms with Gasteiger partial charge in [-0.1, -0.05) is 11.6 Å². The molecule has 104 valence electrons. The van der Waals surface area contributed by atoms with Crippen LogP contribution in [0.1, 0.15) is 34.5 Å². The van der Waals surface area contributed by atoms with E-state index in [-0.39, 0.29) is 18.2 Å². The van der Waals surface area contributed by atoms with Crippen molar-refractivity contribution in [1.82, 2.24) is 4.90 Å². The third-order valence-corrected chi connectivity index (χ3v) is 5.05. The van der Waals surface area contributed by atoms with Gasteiger partial charge in [-0.15, -0.1) is 11.3 Å². The van der Waals surface area contributed by atoms with Crippen molar-refractivity contribution in [2.45, 2.75) is 26.2 Å². The molecule has 0 saturated carbocycles. The highest BCUT2D eigenvalue weighted by molar-refractivity contribution is 7.13. The van der Waals surface area contributed by atoms with Crippen LogP contribution in [0, 0.1) is 12.8 Å². The number of halogens is 1. The quantitative estimate of drug-likeness (QED) is 0.933. The molecule has 1 aliphatic heterocycles. The molecular weight excluding hydrogens is 286 g/mol. The van der Waals surface area contributed by atoms with E-state index in [2.05, 4.69) is 0 Å². The van der Waals surface area contributed by atoms with Crippen molar-refractivity contribution >= 4 is 34.8 Å². The molecule has 0 aliphatic carbocycles. The molecule has 2 heterocycles. The summed E-state index contributed by atoms with van der Waals surface area (Å²) >= 11 is 7.47. The van der Waals surface area contributed by atoms with Gasteiger partial charge in [0.1, 0.15) is 4.88 Å². The van der Waals surface area contributed by atoms with Crippen LogP contribution >= 0.6 is 22.9 Å². The number of carboxylic acid groups (broad SMARTS) is 1. The van der Waals surface area contributed by atoms with Gasteiger partial charge in [-0.05, 0) is 36.6 Å². The Morgan fingerprint density at radius 1 is 1.58 bits per heavy atom. The zero-order chi connectivity index (χ0) is 14.0. The van der Waals surface area contributed by atoms with Gasteiger partial charge in [-0.25, -0.2) is 0 Å². The molecular formula is C13H16ClNO3S. The van der Waals surface area contributed by atoms with Crippen LogP contribution in [-0.4, -0.2) is 35.0 Å². The standard InChI is InChI=1S/C13H16ClNO3S/c1-8-7-19-12(11(8)14)13(18)15-4-2-3-9(6-15)5-10(16)17/h7,9H,2-6H2,1H3,(H,16,17). The van der Waals surface area contributed by atoms with E-state index in [0.29, 0.717) is 23.0 Å². The number of amides is 1. The first kappa shape index (κ1) is 14.3. The Morgan fingerprint density at radius 2 is 2.32 bits per heavy atom. The predicted molar refractivity (Wildman–Crippen MR) is 74.9 cm³/mol. The molecule has 1 fully saturated rings. The number of piperidine rings is 1. The first-order valence-corrected chi connectivity index (χ1v) is 7.49. The van der Waals surface area contributed by atoms with Gasteiger partial charge < -0.3 is 10.0 Å². The highest BCUT2D eigenvalue weighted by Gasteiger charge is 2.27. The number of carboxylic acids is 1. The summed E-state index contributed by atoms with van der Waals surface area (Å²) < 4.78 is 0. The molecule has 0 aromatic carbocycles. The number of nitrogens with zero attached hydrogens (tertiary/aromatic N) is 1. The first-order chi connectivity index (χ1) is 8.99. The average molecular weight is 302 g/mol. The lowest BCUT2D eigenvalue weighted by atomic mass is 9.95. The van der Waals surface area contributed by atoms with Crippen molar-refractivity contribution in [2.24, 2.45) is 5.92 Å². The van der Waals surface area contributed by atoms with E-state index in [9.17, 15) is 9.59 Å². The van der Waals surface area contributed by atoms with Gasteiger partial charge in [-0.2, -0.15) is 0 Å². The Hall–Kier alpha value is -1.07. The number of thiophene rings is 1. The molecule has 0 spiro atoms. The SMILES string of the molecule is Cc1csc(C(=O)N2CCCC(CC(=O)O)C2)c1Cl. The van der Waals surface area contributed by atoms with Crippen LogP contribution in [0.3, 0.4) is 0 Å². The summed E-state index contributed by atoms with van der Waals surface area (Å²) in [4.78, 5) is 25.4. The number of hydrogen-bond acceptors (Lipinski definition) is 3. The van der Waals surface area contributed by atoms with E-state index in [1.165, 1.54) is 11.3 Å². The van der Waals surface area contributed by atoms with E-state index in [4.69, 9.17) is 16.7 Å². The van der Waals surface area contributed by atoms with E-state index < -0.39 is 5.97 Å². The number of rotatable bonds is 3. The zero-order valence-corrected chi connectivity index (χ0v) is 12.3. The molecule has 1 aromatic heterocycles. The molecule has 6 heteroatoms. The molecule has 0 radical (unpaired) electrons. The van der Waals surface area contributed by atoms with Crippen molar-refractivity contribution in [1.29, 1.82) is 0 Å². The van der Waals surface area contributed by atoms with E-state index >= 15 is 0 Å². The summed E-state index contributed by atoms with van der Waals surface area (Å²) in [5, 5.41) is 11.2. The van der Waals surface area contributed by atoms with Crippen molar-refractivity contribution in [2.75, 3.05) is 13.1 Å². The van der Waals surface area contributed by atoms with Crippen LogP contribution in [0.2, 0.25) is 5.02 Å². The molecule has 1 unspecified atom stereocenters. The predicted octanol–water partition coefficient (Wildman–Crippen LogP) is 3.04. The average Bonchev–Trinajstić information content (AvgIpc) is 2.69. The summed E-state index contributed by atoms with van der Waals surface area (Å²) in [6, 6.07) is 0. The zero-order valence-electron chi connectivity index (χ0n) is 10.7. The fourth-order valence-corrected chi connectivity index (χ4v) is 3.62. The van der Waals surface area contributed by atoms with Crippen molar-refractivity contribution in [3.05, 3.63) is 20.8 Å². The summed E-state index contributed by atoms with van der Waals surface area (Å²) in [5.74, 6) is -0.822. The summed E-state index contributed by atoms with van der Waals surface area (Å²) in [6.07, 6.45) is 1.85. The molecule has 2 rings (SSSR count). The fourth-order valence-electron chi connectivity index (χ4n) is 2.38. The number of carbonyl (C=O) groups excluding carboxylic acids is 1. The van der Waals surface area contributed by atoms with Gasteiger partial charge in [0.15, 0.2) is 0 Å². The molecule has 1 aliphatic rings. The number of likely N-dealkylation sites (tertiary alicyclic amines) is 1. The normalized spacial score (nSPS) is 19.5. The maximum atomic E-state index is 12.4. The second kappa shape index (κ2) is 5.92. The second-order valence-corrected chi connectivity index (χ2v) is 6.18. The highest BCUT2D eigenvalue weighted by Crippen LogP contribution is 2.30. The first-order valence-electron chi connectivity index (χ1n) is 6.23. The molecule has 1 aromatic rings. The number of aliphatic carboxylic acids is 1. The van der Waals surface area contributed by atoms with Crippen molar-refractivity contribution in [3.8, 4) is 0 Å². The van der Waals surface area contributed by atoms with E-state index in [1.54, 1.807) is 4.90 Å². The molecule has 19 heavy (non-hydrogen) atoms. The third-order valence-electron chi connectivity index (χ3n) is 3.36. The molecule has 1 atom stereocenters. The van der Waals surface area contributed by atoms with E-state index in [0.717, 1.165) is 18.4 Å². The Kier molecular flexibility index (Phi) is 4.47. The Bertz CT molecular complexity index is 500. The second-order valence-electron chi connectivity index (χ2n) is 4.92. The Morgan fingerprint density at radius 3 is 2.89 bits per heavy atom. The number of hydrogen-bond donors (Lipinski definition) is 1. The largest absolute Gasteiger partial charge is 0.481 e. The monoisotopic (exact) mass is 301 g/mol. The number of aryl methyl sites for hydroxylation is 1. The lowest BCUT2D eigenvalue weighted by Crippen LogP contribution is -2.40. The molecule has 1 amide bonds. The van der Waals surface area contributed by atoms with Gasteiger partial charge in [0.25, 0.3) is 5.91 Å². The fraction of sp³-hybridized carbons (Fsp3) is 0.538. The third kappa shape index (κ3) is 3.28. The molecule has 1 N–H and O–H groups in total. The molecule has 1 saturated heterocycles. The van der Waals surface area contributed by atoms with Crippen molar-refractivity contribution in [3.63, 3.8) is 0 Å². The van der Waals surface area contributed by atoms with Gasteiger partial charge in [0, 0.05) is 19.5 Å². The maximum absolute atomic E-state index is 12.4. The maximum Gasteiger partial charge on any atom is 0.303 e. The summed E-state index contributed by atoms with van der Waals surface area (Å²) in [5.41, 5.74) is 0.911. The smallest absolute Gasteiger partial charge is 0.303 e. The minimum Gasteiger partial charge on any atom is -0.481 e. The topological polar surface area (TPSA) is 57.6 Å². The Balaban J connectivity index is 2.07. The minimum absolute atomic E-state index is 0.0510. The lowest BCUT2D eigenvalue weighted by Gasteiger charge is -2.31. The van der Waals surface area contributed by atoms with E-state index in [1.807, 2.05) is 12.3 Å². The molecule has 0 bridgehead atoms. The van der Waals surface area contributed by atoms with Crippen LogP contribution in [0.25, 0.3) is 0 Å². The van der Waals surface area contributed by atoms with Gasteiger partial charge in [-0.3, -0.25) is 9.59 Å². The molecule has 4 nitrogen and oxygen atoms in total. The van der Waals surface area contributed by atoms with Crippen LogP contribution in [0.15, 0.2) is 5.38 Å².